The van der Waals surface area contributed by atoms with Crippen LogP contribution in [0.2, 0.25) is 0 Å². The highest BCUT2D eigenvalue weighted by molar-refractivity contribution is 8.15. The molecule has 1 heterocycles. The molecule has 11 atom stereocenters. The highest BCUT2D eigenvalue weighted by Crippen LogP contribution is 2.68. The Kier molecular flexibility index (Phi) is 5.54. The van der Waals surface area contributed by atoms with Crippen LogP contribution in [-0.2, 0) is 4.79 Å². The zero-order chi connectivity index (χ0) is 22.1. The summed E-state index contributed by atoms with van der Waals surface area (Å²) in [7, 11) is 0. The average molecular weight is 450 g/mol. The van der Waals surface area contributed by atoms with Gasteiger partial charge in [-0.2, -0.15) is 0 Å². The molecule has 174 valence electrons. The van der Waals surface area contributed by atoms with E-state index >= 15 is 0 Å². The minimum Gasteiger partial charge on any atom is -0.393 e. The topological polar surface area (TPSA) is 86.6 Å². The molecule has 6 heteroatoms. The van der Waals surface area contributed by atoms with E-state index in [2.05, 4.69) is 26.1 Å². The number of hydrogen-bond acceptors (Lipinski definition) is 5. The van der Waals surface area contributed by atoms with Crippen LogP contribution < -0.4 is 5.32 Å². The van der Waals surface area contributed by atoms with Gasteiger partial charge in [0.2, 0.25) is 5.91 Å². The molecule has 4 aliphatic carbocycles. The Morgan fingerprint density at radius 3 is 2.45 bits per heavy atom. The molecule has 1 aliphatic heterocycles. The third-order valence-electron chi connectivity index (χ3n) is 10.8. The second kappa shape index (κ2) is 7.73. The number of hydrogen-bond donors (Lipinski definition) is 3. The number of rotatable bonds is 3. The monoisotopic (exact) mass is 449 g/mol. The van der Waals surface area contributed by atoms with Crippen LogP contribution in [0.25, 0.3) is 0 Å². The van der Waals surface area contributed by atoms with Gasteiger partial charge in [-0.05, 0) is 104 Å². The van der Waals surface area contributed by atoms with Crippen molar-refractivity contribution in [3.05, 3.63) is 0 Å². The van der Waals surface area contributed by atoms with Gasteiger partial charge in [0.05, 0.1) is 17.5 Å². The number of aliphatic hydroxyl groups excluding tert-OH is 2. The van der Waals surface area contributed by atoms with Gasteiger partial charge in [-0.15, -0.1) is 0 Å². The number of carbonyl (C=O) groups excluding carboxylic acids is 2. The lowest BCUT2D eigenvalue weighted by Gasteiger charge is -2.62. The van der Waals surface area contributed by atoms with Crippen molar-refractivity contribution < 1.29 is 19.8 Å². The summed E-state index contributed by atoms with van der Waals surface area (Å²) < 4.78 is 0. The van der Waals surface area contributed by atoms with Crippen LogP contribution in [0.3, 0.4) is 0 Å². The third-order valence-corrected chi connectivity index (χ3v) is 11.8. The third kappa shape index (κ3) is 3.42. The molecule has 0 bridgehead atoms. The van der Waals surface area contributed by atoms with Crippen molar-refractivity contribution in [2.75, 3.05) is 0 Å². The second-order valence-electron chi connectivity index (χ2n) is 12.0. The number of amides is 2. The Morgan fingerprint density at radius 2 is 1.74 bits per heavy atom. The van der Waals surface area contributed by atoms with Crippen molar-refractivity contribution >= 4 is 22.9 Å². The van der Waals surface area contributed by atoms with Gasteiger partial charge in [0.25, 0.3) is 5.24 Å². The molecule has 0 spiro atoms. The Hall–Kier alpha value is -0.590. The van der Waals surface area contributed by atoms with Gasteiger partial charge in [0.15, 0.2) is 0 Å². The predicted octanol–water partition coefficient (Wildman–Crippen LogP) is 4.35. The molecule has 0 aromatic carbocycles. The van der Waals surface area contributed by atoms with Crippen LogP contribution in [-0.4, -0.2) is 38.8 Å². The second-order valence-corrected chi connectivity index (χ2v) is 13.2. The minimum atomic E-state index is -0.249. The Morgan fingerprint density at radius 1 is 1.03 bits per heavy atom. The summed E-state index contributed by atoms with van der Waals surface area (Å²) in [6.45, 7) is 7.19. The molecule has 3 N–H and O–H groups in total. The molecular formula is C25H39NO4S. The van der Waals surface area contributed by atoms with E-state index in [1.807, 2.05) is 0 Å². The fraction of sp³-hybridized carbons (Fsp3) is 0.920. The summed E-state index contributed by atoms with van der Waals surface area (Å²) in [5, 5.41) is 23.6. The summed E-state index contributed by atoms with van der Waals surface area (Å²) in [5.41, 5.74) is 0.468. The molecule has 4 saturated carbocycles. The summed E-state index contributed by atoms with van der Waals surface area (Å²) in [6.07, 6.45) is 8.77. The first kappa shape index (κ1) is 22.2. The van der Waals surface area contributed by atoms with Gasteiger partial charge in [-0.25, -0.2) is 0 Å². The first-order chi connectivity index (χ1) is 14.6. The molecule has 31 heavy (non-hydrogen) atoms. The number of fused-ring (bicyclic) bond motifs is 5. The smallest absolute Gasteiger partial charge is 0.286 e. The minimum absolute atomic E-state index is 0.119. The van der Waals surface area contributed by atoms with Crippen molar-refractivity contribution in [2.45, 2.75) is 96.0 Å². The maximum atomic E-state index is 12.1. The lowest BCUT2D eigenvalue weighted by Crippen LogP contribution is -2.58. The van der Waals surface area contributed by atoms with Crippen LogP contribution in [0.4, 0.5) is 4.79 Å². The molecule has 5 aliphatic rings. The van der Waals surface area contributed by atoms with Crippen LogP contribution in [0.1, 0.15) is 78.6 Å². The van der Waals surface area contributed by atoms with Crippen LogP contribution in [0, 0.1) is 46.3 Å². The largest absolute Gasteiger partial charge is 0.393 e. The lowest BCUT2D eigenvalue weighted by atomic mass is 9.43. The van der Waals surface area contributed by atoms with Crippen LogP contribution in [0.15, 0.2) is 0 Å². The summed E-state index contributed by atoms with van der Waals surface area (Å²) in [4.78, 5) is 23.7. The number of imide groups is 1. The van der Waals surface area contributed by atoms with Gasteiger partial charge in [-0.1, -0.05) is 32.5 Å². The van der Waals surface area contributed by atoms with Crippen LogP contribution >= 0.6 is 11.8 Å². The van der Waals surface area contributed by atoms with E-state index in [0.717, 1.165) is 43.9 Å². The molecule has 1 saturated heterocycles. The summed E-state index contributed by atoms with van der Waals surface area (Å²) in [6, 6.07) is 0. The average Bonchev–Trinajstić information content (AvgIpc) is 3.21. The van der Waals surface area contributed by atoms with E-state index < -0.39 is 0 Å². The molecular weight excluding hydrogens is 410 g/mol. The quantitative estimate of drug-likeness (QED) is 0.596. The maximum absolute atomic E-state index is 12.1. The molecule has 0 radical (unpaired) electrons. The standard InChI is InChI=1S/C25H39NO4S/c1-13(10-20-22(29)26-23(30)31-20)16-4-5-17-21-18(7-9-25(16,17)3)24(2)8-6-15(27)11-14(24)12-19(21)28/h13-21,27-28H,4-12H2,1-3H3,(H,26,29,30)/t13-,14+,15-,16?,17?,18?,19-,20?,21?,24+,25-/m1/s1. The molecule has 5 fully saturated rings. The molecule has 5 unspecified atom stereocenters. The fourth-order valence-corrected chi connectivity index (χ4v) is 10.2. The summed E-state index contributed by atoms with van der Waals surface area (Å²) in [5.74, 6) is 2.76. The van der Waals surface area contributed by atoms with Gasteiger partial charge in [0, 0.05) is 0 Å². The summed E-state index contributed by atoms with van der Waals surface area (Å²) >= 11 is 1.16. The Labute approximate surface area is 190 Å². The van der Waals surface area contributed by atoms with E-state index in [1.54, 1.807) is 0 Å². The van der Waals surface area contributed by atoms with E-state index in [-0.39, 0.29) is 39.4 Å². The number of carbonyl (C=O) groups is 2. The van der Waals surface area contributed by atoms with Crippen molar-refractivity contribution in [1.29, 1.82) is 0 Å². The molecule has 2 amide bonds. The van der Waals surface area contributed by atoms with Crippen molar-refractivity contribution in [1.82, 2.24) is 5.32 Å². The Balaban J connectivity index is 1.35. The first-order valence-corrected chi connectivity index (χ1v) is 13.4. The van der Waals surface area contributed by atoms with Crippen LogP contribution in [0.5, 0.6) is 0 Å². The predicted molar refractivity (Wildman–Crippen MR) is 121 cm³/mol. The zero-order valence-electron chi connectivity index (χ0n) is 19.2. The molecule has 0 aromatic rings. The maximum Gasteiger partial charge on any atom is 0.286 e. The van der Waals surface area contributed by atoms with Gasteiger partial charge in [0.1, 0.15) is 0 Å². The van der Waals surface area contributed by atoms with Gasteiger partial charge >= 0.3 is 0 Å². The molecule has 5 nitrogen and oxygen atoms in total. The van der Waals surface area contributed by atoms with E-state index in [0.29, 0.717) is 35.5 Å². The highest BCUT2D eigenvalue weighted by Gasteiger charge is 2.63. The fourth-order valence-electron chi connectivity index (χ4n) is 9.23. The zero-order valence-corrected chi connectivity index (χ0v) is 20.0. The van der Waals surface area contributed by atoms with Crippen molar-refractivity contribution in [3.8, 4) is 0 Å². The number of thioether (sulfide) groups is 1. The van der Waals surface area contributed by atoms with Crippen molar-refractivity contribution in [2.24, 2.45) is 46.3 Å². The van der Waals surface area contributed by atoms with E-state index in [4.69, 9.17) is 0 Å². The van der Waals surface area contributed by atoms with Crippen molar-refractivity contribution in [3.63, 3.8) is 0 Å². The SMILES string of the molecule is C[C@H](CC1SC(=O)NC1=O)C1CCC2C3C(CC[C@@]21C)[C@@]1(C)CC[C@@H](O)C[C@H]1C[C@H]3O. The molecule has 5 rings (SSSR count). The number of aliphatic hydroxyl groups is 2. The van der Waals surface area contributed by atoms with Gasteiger partial charge < -0.3 is 10.2 Å². The number of nitrogens with one attached hydrogen (secondary N) is 1. The van der Waals surface area contributed by atoms with E-state index in [9.17, 15) is 19.8 Å². The highest BCUT2D eigenvalue weighted by atomic mass is 32.2. The lowest BCUT2D eigenvalue weighted by molar-refractivity contribution is -0.174. The molecule has 0 aromatic heterocycles. The van der Waals surface area contributed by atoms with E-state index in [1.165, 1.54) is 25.7 Å². The first-order valence-electron chi connectivity index (χ1n) is 12.5. The Bertz CT molecular complexity index is 760. The normalized spacial score (nSPS) is 52.8. The van der Waals surface area contributed by atoms with Gasteiger partial charge in [-0.3, -0.25) is 14.9 Å².